The summed E-state index contributed by atoms with van der Waals surface area (Å²) in [5.74, 6) is 0. The summed E-state index contributed by atoms with van der Waals surface area (Å²) in [6, 6.07) is 8.57. The molecular weight excluding hydrogens is 252 g/mol. The van der Waals surface area contributed by atoms with E-state index in [2.05, 4.69) is 48.8 Å². The monoisotopic (exact) mass is 274 g/mol. The zero-order chi connectivity index (χ0) is 13.5. The Morgan fingerprint density at radius 3 is 2.68 bits per heavy atom. The highest BCUT2D eigenvalue weighted by Gasteiger charge is 2.04. The molecule has 0 atom stereocenters. The van der Waals surface area contributed by atoms with E-state index in [9.17, 15) is 0 Å². The molecule has 3 heteroatoms. The summed E-state index contributed by atoms with van der Waals surface area (Å²) in [6.45, 7) is 6.47. The summed E-state index contributed by atoms with van der Waals surface area (Å²) in [4.78, 5) is 4.71. The van der Waals surface area contributed by atoms with Gasteiger partial charge >= 0.3 is 0 Å². The smallest absolute Gasteiger partial charge is 0.0945 e. The molecule has 1 aromatic carbocycles. The topological polar surface area (TPSA) is 24.9 Å². The number of nitrogens with zero attached hydrogens (tertiary/aromatic N) is 1. The molecule has 1 heterocycles. The molecule has 0 bridgehead atoms. The van der Waals surface area contributed by atoms with Crippen LogP contribution in [0, 0.1) is 6.92 Å². The molecule has 1 N–H and O–H groups in total. The number of nitrogens with one attached hydrogen (secondary N) is 1. The normalized spacial score (nSPS) is 10.8. The van der Waals surface area contributed by atoms with Gasteiger partial charge in [0.15, 0.2) is 0 Å². The highest BCUT2D eigenvalue weighted by atomic mass is 32.1. The molecule has 1 aromatic heterocycles. The third-order valence-electron chi connectivity index (χ3n) is 3.12. The van der Waals surface area contributed by atoms with Gasteiger partial charge in [-0.15, -0.1) is 11.3 Å². The van der Waals surface area contributed by atoms with Crippen molar-refractivity contribution in [2.45, 2.75) is 33.1 Å². The van der Waals surface area contributed by atoms with Crippen LogP contribution in [-0.2, 0) is 6.42 Å². The van der Waals surface area contributed by atoms with Crippen LogP contribution in [0.25, 0.3) is 11.3 Å². The zero-order valence-electron chi connectivity index (χ0n) is 11.8. The summed E-state index contributed by atoms with van der Waals surface area (Å²) in [7, 11) is 0. The van der Waals surface area contributed by atoms with E-state index < -0.39 is 0 Å². The Morgan fingerprint density at radius 1 is 1.16 bits per heavy atom. The lowest BCUT2D eigenvalue weighted by Crippen LogP contribution is -2.18. The maximum atomic E-state index is 4.71. The number of rotatable bonds is 7. The maximum Gasteiger partial charge on any atom is 0.0945 e. The lowest BCUT2D eigenvalue weighted by molar-refractivity contribution is 0.639. The van der Waals surface area contributed by atoms with Gasteiger partial charge in [-0.1, -0.05) is 43.2 Å². The first-order chi connectivity index (χ1) is 9.29. The van der Waals surface area contributed by atoms with Crippen LogP contribution in [0.1, 0.15) is 30.3 Å². The van der Waals surface area contributed by atoms with E-state index in [0.717, 1.165) is 25.2 Å². The fourth-order valence-corrected chi connectivity index (χ4v) is 2.71. The van der Waals surface area contributed by atoms with E-state index in [1.807, 2.05) is 0 Å². The van der Waals surface area contributed by atoms with E-state index >= 15 is 0 Å². The largest absolute Gasteiger partial charge is 0.316 e. The molecule has 2 nitrogen and oxygen atoms in total. The summed E-state index contributed by atoms with van der Waals surface area (Å²) in [5.41, 5.74) is 3.61. The highest BCUT2D eigenvalue weighted by molar-refractivity contribution is 7.09. The van der Waals surface area contributed by atoms with Gasteiger partial charge in [-0.3, -0.25) is 0 Å². The second kappa shape index (κ2) is 7.41. The lowest BCUT2D eigenvalue weighted by Gasteiger charge is -2.01. The minimum Gasteiger partial charge on any atom is -0.316 e. The van der Waals surface area contributed by atoms with Gasteiger partial charge in [-0.05, 0) is 19.9 Å². The maximum absolute atomic E-state index is 4.71. The molecule has 0 aliphatic heterocycles. The molecule has 0 aliphatic rings. The van der Waals surface area contributed by atoms with Crippen molar-refractivity contribution < 1.29 is 0 Å². The van der Waals surface area contributed by atoms with Gasteiger partial charge in [-0.25, -0.2) is 4.98 Å². The number of thiazole rings is 1. The van der Waals surface area contributed by atoms with E-state index in [1.165, 1.54) is 29.0 Å². The predicted octanol–water partition coefficient (Wildman–Crippen LogP) is 4.05. The fraction of sp³-hybridized carbons (Fsp3) is 0.438. The number of hydrogen-bond acceptors (Lipinski definition) is 3. The second-order valence-corrected chi connectivity index (χ2v) is 5.79. The number of aryl methyl sites for hydroxylation is 1. The van der Waals surface area contributed by atoms with Crippen LogP contribution in [0.2, 0.25) is 0 Å². The Kier molecular flexibility index (Phi) is 5.55. The van der Waals surface area contributed by atoms with Crippen molar-refractivity contribution in [1.29, 1.82) is 0 Å². The minimum atomic E-state index is 1.03. The van der Waals surface area contributed by atoms with E-state index in [0.29, 0.717) is 0 Å². The molecule has 102 valence electrons. The number of benzene rings is 1. The van der Waals surface area contributed by atoms with Gasteiger partial charge < -0.3 is 5.32 Å². The summed E-state index contributed by atoms with van der Waals surface area (Å²) in [5, 5.41) is 6.84. The summed E-state index contributed by atoms with van der Waals surface area (Å²) >= 11 is 1.76. The van der Waals surface area contributed by atoms with Crippen LogP contribution in [0.5, 0.6) is 0 Å². The van der Waals surface area contributed by atoms with Gasteiger partial charge in [0.1, 0.15) is 0 Å². The van der Waals surface area contributed by atoms with Crippen LogP contribution in [0.15, 0.2) is 29.6 Å². The quantitative estimate of drug-likeness (QED) is 0.770. The van der Waals surface area contributed by atoms with Crippen LogP contribution in [-0.4, -0.2) is 18.1 Å². The molecule has 2 rings (SSSR count). The molecule has 0 fully saturated rings. The van der Waals surface area contributed by atoms with Crippen LogP contribution in [0.4, 0.5) is 0 Å². The molecule has 0 radical (unpaired) electrons. The van der Waals surface area contributed by atoms with Gasteiger partial charge in [-0.2, -0.15) is 0 Å². The third-order valence-corrected chi connectivity index (χ3v) is 4.03. The first-order valence-electron chi connectivity index (χ1n) is 7.01. The van der Waals surface area contributed by atoms with E-state index in [1.54, 1.807) is 11.3 Å². The molecule has 0 saturated carbocycles. The zero-order valence-corrected chi connectivity index (χ0v) is 12.6. The Bertz CT molecular complexity index is 488. The van der Waals surface area contributed by atoms with Gasteiger partial charge in [0.25, 0.3) is 0 Å². The molecule has 2 aromatic rings. The number of unbranched alkanes of at least 4 members (excludes halogenated alkanes) is 1. The number of hydrogen-bond donors (Lipinski definition) is 1. The molecule has 0 aliphatic carbocycles. The van der Waals surface area contributed by atoms with Crippen molar-refractivity contribution in [3.63, 3.8) is 0 Å². The van der Waals surface area contributed by atoms with Crippen LogP contribution >= 0.6 is 11.3 Å². The highest BCUT2D eigenvalue weighted by Crippen LogP contribution is 2.22. The Balaban J connectivity index is 1.86. The fourth-order valence-electron chi connectivity index (χ4n) is 1.90. The first-order valence-corrected chi connectivity index (χ1v) is 7.89. The van der Waals surface area contributed by atoms with Crippen molar-refractivity contribution >= 4 is 11.3 Å². The Hall–Kier alpha value is -1.19. The standard InChI is InChI=1S/C16H22N2S/c1-3-4-10-17-11-9-16-18-15(12-19-16)14-7-5-13(2)6-8-14/h5-8,12,17H,3-4,9-11H2,1-2H3. The average molecular weight is 274 g/mol. The van der Waals surface area contributed by atoms with Crippen molar-refractivity contribution in [2.75, 3.05) is 13.1 Å². The van der Waals surface area contributed by atoms with E-state index in [-0.39, 0.29) is 0 Å². The first kappa shape index (κ1) is 14.2. The Morgan fingerprint density at radius 2 is 1.95 bits per heavy atom. The second-order valence-electron chi connectivity index (χ2n) is 4.85. The molecule has 0 unspecified atom stereocenters. The molecular formula is C16H22N2S. The van der Waals surface area contributed by atoms with Crippen LogP contribution < -0.4 is 5.32 Å². The van der Waals surface area contributed by atoms with Crippen molar-refractivity contribution in [3.8, 4) is 11.3 Å². The van der Waals surface area contributed by atoms with Gasteiger partial charge in [0.05, 0.1) is 10.7 Å². The SMILES string of the molecule is CCCCNCCc1nc(-c2ccc(C)cc2)cs1. The molecule has 0 spiro atoms. The summed E-state index contributed by atoms with van der Waals surface area (Å²) in [6.07, 6.45) is 3.54. The number of aromatic nitrogens is 1. The van der Waals surface area contributed by atoms with Crippen molar-refractivity contribution in [1.82, 2.24) is 10.3 Å². The average Bonchev–Trinajstić information content (AvgIpc) is 2.88. The van der Waals surface area contributed by atoms with Gasteiger partial charge in [0, 0.05) is 23.9 Å². The lowest BCUT2D eigenvalue weighted by atomic mass is 10.1. The molecule has 0 amide bonds. The third kappa shape index (κ3) is 4.44. The summed E-state index contributed by atoms with van der Waals surface area (Å²) < 4.78 is 0. The molecule has 19 heavy (non-hydrogen) atoms. The van der Waals surface area contributed by atoms with Gasteiger partial charge in [0.2, 0.25) is 0 Å². The van der Waals surface area contributed by atoms with Crippen LogP contribution in [0.3, 0.4) is 0 Å². The van der Waals surface area contributed by atoms with Crippen molar-refractivity contribution in [2.24, 2.45) is 0 Å². The molecule has 0 saturated heterocycles. The van der Waals surface area contributed by atoms with E-state index in [4.69, 9.17) is 4.98 Å². The minimum absolute atomic E-state index is 1.03. The van der Waals surface area contributed by atoms with Crippen molar-refractivity contribution in [3.05, 3.63) is 40.2 Å². The Labute approximate surface area is 119 Å². The predicted molar refractivity (Wildman–Crippen MR) is 83.8 cm³/mol.